The SMILES string of the molecule is CC(C)C(Sc1nc(-c2ccccc2)c(-c2ccccc2)[nH]1)C(=O)N/N=C\c1ccc(Cl)cc1. The first-order chi connectivity index (χ1) is 16.5. The number of amides is 1. The number of carbonyl (C=O) groups is 1. The summed E-state index contributed by atoms with van der Waals surface area (Å²) in [6.07, 6.45) is 1.60. The number of thioether (sulfide) groups is 1. The van der Waals surface area contributed by atoms with Gasteiger partial charge in [0.05, 0.1) is 22.9 Å². The van der Waals surface area contributed by atoms with E-state index in [2.05, 4.69) is 15.5 Å². The van der Waals surface area contributed by atoms with Crippen LogP contribution in [0, 0.1) is 5.92 Å². The molecule has 5 nitrogen and oxygen atoms in total. The molecule has 0 saturated heterocycles. The van der Waals surface area contributed by atoms with Crippen LogP contribution in [-0.2, 0) is 4.79 Å². The number of nitrogens with zero attached hydrogens (tertiary/aromatic N) is 2. The number of hydrogen-bond donors (Lipinski definition) is 2. The van der Waals surface area contributed by atoms with Crippen LogP contribution in [0.3, 0.4) is 0 Å². The standard InChI is InChI=1S/C27H25ClN4OS/c1-18(2)25(26(33)32-29-17-19-13-15-22(28)16-14-19)34-27-30-23(20-9-5-3-6-10-20)24(31-27)21-11-7-4-8-12-21/h3-18,25H,1-2H3,(H,30,31)(H,32,33)/b29-17-. The zero-order chi connectivity index (χ0) is 23.9. The van der Waals surface area contributed by atoms with Gasteiger partial charge in [-0.3, -0.25) is 4.79 Å². The molecule has 1 atom stereocenters. The molecule has 0 radical (unpaired) electrons. The molecule has 7 heteroatoms. The topological polar surface area (TPSA) is 70.1 Å². The first kappa shape index (κ1) is 23.8. The normalized spacial score (nSPS) is 12.2. The summed E-state index contributed by atoms with van der Waals surface area (Å²) < 4.78 is 0. The monoisotopic (exact) mass is 488 g/mol. The van der Waals surface area contributed by atoms with Crippen LogP contribution in [0.15, 0.2) is 95.2 Å². The number of benzene rings is 3. The van der Waals surface area contributed by atoms with Gasteiger partial charge in [-0.25, -0.2) is 10.4 Å². The molecular formula is C27H25ClN4OS. The minimum atomic E-state index is -0.374. The Bertz CT molecular complexity index is 1200. The molecule has 0 saturated carbocycles. The molecule has 0 aliphatic carbocycles. The van der Waals surface area contributed by atoms with E-state index in [9.17, 15) is 4.79 Å². The van der Waals surface area contributed by atoms with Gasteiger partial charge in [-0.1, -0.05) is 110 Å². The van der Waals surface area contributed by atoms with Crippen LogP contribution >= 0.6 is 23.4 Å². The maximum Gasteiger partial charge on any atom is 0.253 e. The van der Waals surface area contributed by atoms with Gasteiger partial charge in [-0.2, -0.15) is 5.10 Å². The smallest absolute Gasteiger partial charge is 0.253 e. The van der Waals surface area contributed by atoms with Crippen molar-refractivity contribution in [3.8, 4) is 22.5 Å². The highest BCUT2D eigenvalue weighted by atomic mass is 35.5. The highest BCUT2D eigenvalue weighted by molar-refractivity contribution is 8.00. The molecule has 3 aromatic carbocycles. The number of aromatic amines is 1. The van der Waals surface area contributed by atoms with Crippen LogP contribution in [0.2, 0.25) is 5.02 Å². The molecule has 2 N–H and O–H groups in total. The van der Waals surface area contributed by atoms with Crippen molar-refractivity contribution in [2.75, 3.05) is 0 Å². The van der Waals surface area contributed by atoms with E-state index in [4.69, 9.17) is 16.6 Å². The van der Waals surface area contributed by atoms with Gasteiger partial charge in [-0.15, -0.1) is 0 Å². The molecule has 4 aromatic rings. The molecule has 1 amide bonds. The molecule has 1 heterocycles. The van der Waals surface area contributed by atoms with Crippen LogP contribution in [0.25, 0.3) is 22.5 Å². The minimum Gasteiger partial charge on any atom is -0.332 e. The van der Waals surface area contributed by atoms with Gasteiger partial charge >= 0.3 is 0 Å². The Kier molecular flexibility index (Phi) is 7.83. The average Bonchev–Trinajstić information content (AvgIpc) is 3.29. The molecule has 0 fully saturated rings. The quantitative estimate of drug-likeness (QED) is 0.165. The third-order valence-electron chi connectivity index (χ3n) is 5.15. The lowest BCUT2D eigenvalue weighted by molar-refractivity contribution is -0.121. The Labute approximate surface area is 208 Å². The van der Waals surface area contributed by atoms with E-state index in [-0.39, 0.29) is 17.1 Å². The second-order valence-corrected chi connectivity index (χ2v) is 9.63. The molecule has 0 spiro atoms. The molecule has 0 aliphatic rings. The predicted molar refractivity (Wildman–Crippen MR) is 141 cm³/mol. The number of nitrogens with one attached hydrogen (secondary N) is 2. The van der Waals surface area contributed by atoms with Crippen molar-refractivity contribution in [2.24, 2.45) is 11.0 Å². The summed E-state index contributed by atoms with van der Waals surface area (Å²) in [4.78, 5) is 21.3. The second-order valence-electron chi connectivity index (χ2n) is 8.07. The minimum absolute atomic E-state index is 0.0705. The van der Waals surface area contributed by atoms with Gasteiger partial charge in [-0.05, 0) is 23.6 Å². The molecule has 1 unspecified atom stereocenters. The number of imidazole rings is 1. The molecular weight excluding hydrogens is 464 g/mol. The van der Waals surface area contributed by atoms with Crippen LogP contribution in [0.5, 0.6) is 0 Å². The van der Waals surface area contributed by atoms with Crippen LogP contribution in [0.1, 0.15) is 19.4 Å². The number of carbonyl (C=O) groups excluding carboxylic acids is 1. The first-order valence-electron chi connectivity index (χ1n) is 11.0. The van der Waals surface area contributed by atoms with Crippen molar-refractivity contribution in [3.63, 3.8) is 0 Å². The molecule has 172 valence electrons. The van der Waals surface area contributed by atoms with E-state index in [1.54, 1.807) is 18.3 Å². The van der Waals surface area contributed by atoms with E-state index in [1.165, 1.54) is 11.8 Å². The summed E-state index contributed by atoms with van der Waals surface area (Å²) >= 11 is 7.32. The fraction of sp³-hybridized carbons (Fsp3) is 0.148. The summed E-state index contributed by atoms with van der Waals surface area (Å²) in [5.74, 6) is -0.106. The summed E-state index contributed by atoms with van der Waals surface area (Å²) in [7, 11) is 0. The largest absolute Gasteiger partial charge is 0.332 e. The lowest BCUT2D eigenvalue weighted by atomic mass is 10.1. The van der Waals surface area contributed by atoms with Gasteiger partial charge in [0.15, 0.2) is 5.16 Å². The Morgan fingerprint density at radius 1 is 0.971 bits per heavy atom. The third kappa shape index (κ3) is 5.95. The van der Waals surface area contributed by atoms with Crippen LogP contribution in [-0.4, -0.2) is 27.3 Å². The Balaban J connectivity index is 1.56. The highest BCUT2D eigenvalue weighted by Gasteiger charge is 2.26. The highest BCUT2D eigenvalue weighted by Crippen LogP contribution is 2.35. The van der Waals surface area contributed by atoms with Crippen LogP contribution < -0.4 is 5.43 Å². The van der Waals surface area contributed by atoms with Crippen molar-refractivity contribution in [1.82, 2.24) is 15.4 Å². The van der Waals surface area contributed by atoms with E-state index in [0.29, 0.717) is 10.2 Å². The van der Waals surface area contributed by atoms with Crippen molar-refractivity contribution >= 4 is 35.5 Å². The average molecular weight is 489 g/mol. The summed E-state index contributed by atoms with van der Waals surface area (Å²) in [6, 6.07) is 27.4. The lowest BCUT2D eigenvalue weighted by Crippen LogP contribution is -2.33. The second kappa shape index (κ2) is 11.2. The third-order valence-corrected chi connectivity index (χ3v) is 6.83. The Morgan fingerprint density at radius 3 is 2.21 bits per heavy atom. The Hall–Kier alpha value is -3.35. The van der Waals surface area contributed by atoms with Crippen molar-refractivity contribution in [2.45, 2.75) is 24.3 Å². The zero-order valence-corrected chi connectivity index (χ0v) is 20.5. The molecule has 0 aliphatic heterocycles. The van der Waals surface area contributed by atoms with Crippen molar-refractivity contribution in [3.05, 3.63) is 95.5 Å². The van der Waals surface area contributed by atoms with Gasteiger partial charge < -0.3 is 4.98 Å². The number of H-pyrrole nitrogens is 1. The van der Waals surface area contributed by atoms with Gasteiger partial charge in [0.25, 0.3) is 5.91 Å². The predicted octanol–water partition coefficient (Wildman–Crippen LogP) is 6.66. The van der Waals surface area contributed by atoms with Gasteiger partial charge in [0.2, 0.25) is 0 Å². The molecule has 1 aromatic heterocycles. The maximum atomic E-state index is 13.0. The number of rotatable bonds is 8. The summed E-state index contributed by atoms with van der Waals surface area (Å²) in [5, 5.41) is 5.09. The van der Waals surface area contributed by atoms with Gasteiger partial charge in [0, 0.05) is 16.1 Å². The zero-order valence-electron chi connectivity index (χ0n) is 18.9. The first-order valence-corrected chi connectivity index (χ1v) is 12.2. The lowest BCUT2D eigenvalue weighted by Gasteiger charge is -2.16. The van der Waals surface area contributed by atoms with E-state index < -0.39 is 0 Å². The fourth-order valence-electron chi connectivity index (χ4n) is 3.42. The Morgan fingerprint density at radius 2 is 1.59 bits per heavy atom. The molecule has 0 bridgehead atoms. The van der Waals surface area contributed by atoms with E-state index in [1.807, 2.05) is 86.6 Å². The fourth-order valence-corrected chi connectivity index (χ4v) is 4.52. The molecule has 4 rings (SSSR count). The van der Waals surface area contributed by atoms with Crippen molar-refractivity contribution < 1.29 is 4.79 Å². The van der Waals surface area contributed by atoms with Crippen molar-refractivity contribution in [1.29, 1.82) is 0 Å². The number of hydrazone groups is 1. The molecule has 34 heavy (non-hydrogen) atoms. The van der Waals surface area contributed by atoms with E-state index in [0.717, 1.165) is 28.1 Å². The van der Waals surface area contributed by atoms with E-state index >= 15 is 0 Å². The number of halogens is 1. The maximum absolute atomic E-state index is 13.0. The van der Waals surface area contributed by atoms with Crippen LogP contribution in [0.4, 0.5) is 0 Å². The summed E-state index contributed by atoms with van der Waals surface area (Å²) in [5.41, 5.74) is 7.36. The number of hydrogen-bond acceptors (Lipinski definition) is 4. The van der Waals surface area contributed by atoms with Gasteiger partial charge in [0.1, 0.15) is 0 Å². The number of aromatic nitrogens is 2. The summed E-state index contributed by atoms with van der Waals surface area (Å²) in [6.45, 7) is 4.03.